The van der Waals surface area contributed by atoms with Crippen LogP contribution in [0.25, 0.3) is 0 Å². The van der Waals surface area contributed by atoms with Crippen molar-refractivity contribution in [2.24, 2.45) is 0 Å². The molecule has 1 amide bonds. The average Bonchev–Trinajstić information content (AvgIpc) is 2.61. The third-order valence-electron chi connectivity index (χ3n) is 3.09. The lowest BCUT2D eigenvalue weighted by atomic mass is 10.2. The van der Waals surface area contributed by atoms with Gasteiger partial charge in [-0.05, 0) is 36.4 Å². The summed E-state index contributed by atoms with van der Waals surface area (Å²) in [6.45, 7) is -0.315. The highest BCUT2D eigenvalue weighted by Crippen LogP contribution is 2.38. The second-order valence-electron chi connectivity index (χ2n) is 4.72. The maximum atomic E-state index is 12.8. The van der Waals surface area contributed by atoms with Crippen LogP contribution in [0.4, 0.5) is 10.1 Å². The molecule has 0 aliphatic heterocycles. The number of halogens is 1. The standard InChI is InChI=1S/C17H16FNO5/c1-22-14-7-11(9-20)8-15(23-2)17(14)24-10-16(21)19-13-5-3-12(18)4-6-13/h3-9H,10H2,1-2H3,(H,19,21). The summed E-state index contributed by atoms with van der Waals surface area (Å²) >= 11 is 0. The van der Waals surface area contributed by atoms with Gasteiger partial charge in [-0.1, -0.05) is 0 Å². The summed E-state index contributed by atoms with van der Waals surface area (Å²) in [5, 5.41) is 2.57. The molecule has 0 radical (unpaired) electrons. The van der Waals surface area contributed by atoms with E-state index in [0.29, 0.717) is 17.5 Å². The van der Waals surface area contributed by atoms with Gasteiger partial charge in [-0.2, -0.15) is 0 Å². The molecule has 0 aliphatic carbocycles. The Kier molecular flexibility index (Phi) is 5.73. The molecule has 0 bridgehead atoms. The number of benzene rings is 2. The molecule has 1 N–H and O–H groups in total. The molecule has 2 rings (SSSR count). The van der Waals surface area contributed by atoms with Crippen LogP contribution in [-0.4, -0.2) is 33.0 Å². The van der Waals surface area contributed by atoms with Crippen LogP contribution in [0, 0.1) is 5.82 Å². The van der Waals surface area contributed by atoms with Gasteiger partial charge in [0.25, 0.3) is 5.91 Å². The minimum absolute atomic E-state index is 0.208. The number of anilines is 1. The molecule has 0 unspecified atom stereocenters. The summed E-state index contributed by atoms with van der Waals surface area (Å²) in [6.07, 6.45) is 0.649. The van der Waals surface area contributed by atoms with Crippen LogP contribution in [0.3, 0.4) is 0 Å². The van der Waals surface area contributed by atoms with Crippen LogP contribution >= 0.6 is 0 Å². The first kappa shape index (κ1) is 17.3. The summed E-state index contributed by atoms with van der Waals surface area (Å²) in [6, 6.07) is 8.30. The van der Waals surface area contributed by atoms with Crippen LogP contribution in [0.5, 0.6) is 17.2 Å². The Morgan fingerprint density at radius 1 is 1.12 bits per heavy atom. The summed E-state index contributed by atoms with van der Waals surface area (Å²) < 4.78 is 28.6. The zero-order valence-corrected chi connectivity index (χ0v) is 13.2. The summed E-state index contributed by atoms with van der Waals surface area (Å²) in [5.41, 5.74) is 0.798. The van der Waals surface area contributed by atoms with Gasteiger partial charge < -0.3 is 19.5 Å². The fraction of sp³-hybridized carbons (Fsp3) is 0.176. The summed E-state index contributed by atoms with van der Waals surface area (Å²) in [5.74, 6) is -0.0870. The Balaban J connectivity index is 2.08. The number of amides is 1. The quantitative estimate of drug-likeness (QED) is 0.789. The van der Waals surface area contributed by atoms with Crippen LogP contribution in [0.15, 0.2) is 36.4 Å². The fourth-order valence-corrected chi connectivity index (χ4v) is 1.98. The van der Waals surface area contributed by atoms with E-state index in [2.05, 4.69) is 5.32 Å². The van der Waals surface area contributed by atoms with Crippen molar-refractivity contribution in [1.29, 1.82) is 0 Å². The number of hydrogen-bond donors (Lipinski definition) is 1. The number of ether oxygens (including phenoxy) is 3. The van der Waals surface area contributed by atoms with Gasteiger partial charge >= 0.3 is 0 Å². The van der Waals surface area contributed by atoms with Gasteiger partial charge in [-0.15, -0.1) is 0 Å². The number of carbonyl (C=O) groups excluding carboxylic acids is 2. The van der Waals surface area contributed by atoms with E-state index in [1.807, 2.05) is 0 Å². The topological polar surface area (TPSA) is 73.9 Å². The molecule has 0 saturated carbocycles. The third-order valence-corrected chi connectivity index (χ3v) is 3.09. The smallest absolute Gasteiger partial charge is 0.262 e. The van der Waals surface area contributed by atoms with Crippen molar-refractivity contribution in [2.75, 3.05) is 26.1 Å². The van der Waals surface area contributed by atoms with Crippen molar-refractivity contribution in [3.05, 3.63) is 47.8 Å². The Morgan fingerprint density at radius 3 is 2.21 bits per heavy atom. The first-order chi connectivity index (χ1) is 11.6. The average molecular weight is 333 g/mol. The maximum Gasteiger partial charge on any atom is 0.262 e. The minimum atomic E-state index is -0.440. The Bertz CT molecular complexity index is 705. The van der Waals surface area contributed by atoms with Gasteiger partial charge in [0.1, 0.15) is 12.1 Å². The van der Waals surface area contributed by atoms with E-state index < -0.39 is 11.7 Å². The molecular formula is C17H16FNO5. The molecule has 0 spiro atoms. The molecule has 2 aromatic carbocycles. The fourth-order valence-electron chi connectivity index (χ4n) is 1.98. The Morgan fingerprint density at radius 2 is 1.71 bits per heavy atom. The lowest BCUT2D eigenvalue weighted by Crippen LogP contribution is -2.20. The first-order valence-corrected chi connectivity index (χ1v) is 6.96. The number of aldehydes is 1. The highest BCUT2D eigenvalue weighted by atomic mass is 19.1. The predicted octanol–water partition coefficient (Wildman–Crippen LogP) is 2.67. The van der Waals surface area contributed by atoms with Gasteiger partial charge in [0, 0.05) is 11.3 Å². The first-order valence-electron chi connectivity index (χ1n) is 6.96. The van der Waals surface area contributed by atoms with Crippen molar-refractivity contribution in [2.45, 2.75) is 0 Å². The predicted molar refractivity (Wildman–Crippen MR) is 85.5 cm³/mol. The molecule has 0 saturated heterocycles. The van der Waals surface area contributed by atoms with Gasteiger partial charge in [0.05, 0.1) is 14.2 Å². The molecule has 0 aromatic heterocycles. The summed E-state index contributed by atoms with van der Waals surface area (Å²) in [4.78, 5) is 22.8. The van der Waals surface area contributed by atoms with Crippen molar-refractivity contribution < 1.29 is 28.2 Å². The van der Waals surface area contributed by atoms with E-state index >= 15 is 0 Å². The van der Waals surface area contributed by atoms with Crippen molar-refractivity contribution in [3.8, 4) is 17.2 Å². The molecule has 2 aromatic rings. The van der Waals surface area contributed by atoms with Crippen LogP contribution in [0.1, 0.15) is 10.4 Å². The van der Waals surface area contributed by atoms with E-state index in [9.17, 15) is 14.0 Å². The van der Waals surface area contributed by atoms with E-state index in [1.54, 1.807) is 0 Å². The molecule has 0 fully saturated rings. The van der Waals surface area contributed by atoms with E-state index in [1.165, 1.54) is 50.6 Å². The van der Waals surface area contributed by atoms with E-state index in [4.69, 9.17) is 14.2 Å². The van der Waals surface area contributed by atoms with Crippen LogP contribution in [0.2, 0.25) is 0 Å². The van der Waals surface area contributed by atoms with E-state index in [-0.39, 0.29) is 23.9 Å². The SMILES string of the molecule is COc1cc(C=O)cc(OC)c1OCC(=O)Nc1ccc(F)cc1. The van der Waals surface area contributed by atoms with Crippen molar-refractivity contribution >= 4 is 17.9 Å². The molecule has 24 heavy (non-hydrogen) atoms. The zero-order chi connectivity index (χ0) is 17.5. The second-order valence-corrected chi connectivity index (χ2v) is 4.72. The second kappa shape index (κ2) is 7.96. The highest BCUT2D eigenvalue weighted by molar-refractivity contribution is 5.92. The highest BCUT2D eigenvalue weighted by Gasteiger charge is 2.15. The molecule has 7 heteroatoms. The lowest BCUT2D eigenvalue weighted by molar-refractivity contribution is -0.118. The normalized spacial score (nSPS) is 9.96. The van der Waals surface area contributed by atoms with Gasteiger partial charge in [-0.3, -0.25) is 9.59 Å². The molecule has 126 valence electrons. The molecule has 6 nitrogen and oxygen atoms in total. The monoisotopic (exact) mass is 333 g/mol. The van der Waals surface area contributed by atoms with Crippen molar-refractivity contribution in [1.82, 2.24) is 0 Å². The maximum absolute atomic E-state index is 12.8. The number of hydrogen-bond acceptors (Lipinski definition) is 5. The Labute approximate surface area is 138 Å². The Hall–Kier alpha value is -3.09. The minimum Gasteiger partial charge on any atom is -0.493 e. The number of methoxy groups -OCH3 is 2. The largest absolute Gasteiger partial charge is 0.493 e. The van der Waals surface area contributed by atoms with E-state index in [0.717, 1.165) is 0 Å². The third kappa shape index (κ3) is 4.22. The zero-order valence-electron chi connectivity index (χ0n) is 13.2. The molecule has 0 atom stereocenters. The van der Waals surface area contributed by atoms with Gasteiger partial charge in [0.15, 0.2) is 18.1 Å². The number of carbonyl (C=O) groups is 2. The molecule has 0 heterocycles. The van der Waals surface area contributed by atoms with Crippen LogP contribution in [-0.2, 0) is 4.79 Å². The number of rotatable bonds is 7. The molecule has 0 aliphatic rings. The number of nitrogens with one attached hydrogen (secondary N) is 1. The lowest BCUT2D eigenvalue weighted by Gasteiger charge is -2.15. The van der Waals surface area contributed by atoms with Crippen molar-refractivity contribution in [3.63, 3.8) is 0 Å². The summed E-state index contributed by atoms with van der Waals surface area (Å²) in [7, 11) is 2.82. The molecular weight excluding hydrogens is 317 g/mol. The van der Waals surface area contributed by atoms with Crippen LogP contribution < -0.4 is 19.5 Å². The van der Waals surface area contributed by atoms with Gasteiger partial charge in [-0.25, -0.2) is 4.39 Å². The van der Waals surface area contributed by atoms with Gasteiger partial charge in [0.2, 0.25) is 5.75 Å².